The van der Waals surface area contributed by atoms with Crippen molar-refractivity contribution < 1.29 is 31.9 Å². The number of nitrogens with zero attached hydrogens (tertiary/aromatic N) is 3. The number of carbonyl (C=O) groups is 2. The van der Waals surface area contributed by atoms with E-state index >= 15 is 0 Å². The summed E-state index contributed by atoms with van der Waals surface area (Å²) in [6.07, 6.45) is -0.658. The van der Waals surface area contributed by atoms with Gasteiger partial charge in [0.15, 0.2) is 5.69 Å². The van der Waals surface area contributed by atoms with Crippen LogP contribution in [0.25, 0.3) is 5.69 Å². The van der Waals surface area contributed by atoms with Gasteiger partial charge < -0.3 is 15.4 Å². The van der Waals surface area contributed by atoms with Crippen LogP contribution in [-0.4, -0.2) is 58.9 Å². The lowest BCUT2D eigenvalue weighted by Crippen LogP contribution is -2.33. The third-order valence-electron chi connectivity index (χ3n) is 4.35. The van der Waals surface area contributed by atoms with Gasteiger partial charge in [0.05, 0.1) is 19.5 Å². The van der Waals surface area contributed by atoms with Gasteiger partial charge in [-0.3, -0.25) is 14.0 Å². The van der Waals surface area contributed by atoms with Crippen LogP contribution >= 0.6 is 0 Å². The third-order valence-corrected chi connectivity index (χ3v) is 4.35. The molecule has 0 aliphatic carbocycles. The number of hydrogen-bond donors (Lipinski definition) is 2. The standard InChI is InChI=1S/C21H27F4N5O3/c1-14(2)27-20(32)16-12-30(29-28-16)17-8-7-15(19(31)26-13-21(23,24)25)11-18(17)33-10-6-4-3-5-9-22/h7-8,11-12,14H,3-6,9-10,13H2,1-2H3,(H,26,31)(H,27,32). The van der Waals surface area contributed by atoms with Gasteiger partial charge in [0.2, 0.25) is 0 Å². The van der Waals surface area contributed by atoms with Crippen molar-refractivity contribution in [3.63, 3.8) is 0 Å². The van der Waals surface area contributed by atoms with Crippen molar-refractivity contribution in [3.05, 3.63) is 35.7 Å². The molecule has 1 aromatic heterocycles. The third kappa shape index (κ3) is 8.70. The average molecular weight is 473 g/mol. The minimum Gasteiger partial charge on any atom is -0.491 e. The number of alkyl halides is 4. The van der Waals surface area contributed by atoms with Gasteiger partial charge in [-0.1, -0.05) is 11.6 Å². The van der Waals surface area contributed by atoms with Crippen molar-refractivity contribution >= 4 is 11.8 Å². The first-order valence-corrected chi connectivity index (χ1v) is 10.5. The van der Waals surface area contributed by atoms with Crippen LogP contribution in [-0.2, 0) is 0 Å². The first-order valence-electron chi connectivity index (χ1n) is 10.5. The van der Waals surface area contributed by atoms with Crippen LogP contribution in [0.4, 0.5) is 17.6 Å². The lowest BCUT2D eigenvalue weighted by atomic mass is 10.1. The Morgan fingerprint density at radius 1 is 1.12 bits per heavy atom. The maximum Gasteiger partial charge on any atom is 0.405 e. The predicted octanol–water partition coefficient (Wildman–Crippen LogP) is 3.61. The average Bonchev–Trinajstić information content (AvgIpc) is 3.23. The zero-order valence-corrected chi connectivity index (χ0v) is 18.4. The maximum atomic E-state index is 12.4. The molecule has 2 aromatic rings. The monoisotopic (exact) mass is 473 g/mol. The molecule has 2 N–H and O–H groups in total. The van der Waals surface area contributed by atoms with Crippen molar-refractivity contribution in [1.29, 1.82) is 0 Å². The molecule has 0 aliphatic rings. The zero-order chi connectivity index (χ0) is 24.4. The molecule has 0 atom stereocenters. The molecule has 0 unspecified atom stereocenters. The number of ether oxygens (including phenoxy) is 1. The predicted molar refractivity (Wildman–Crippen MR) is 112 cm³/mol. The molecule has 2 rings (SSSR count). The summed E-state index contributed by atoms with van der Waals surface area (Å²) in [6.45, 7) is 1.98. The van der Waals surface area contributed by atoms with E-state index in [1.54, 1.807) is 13.8 Å². The number of amides is 2. The molecule has 0 radical (unpaired) electrons. The molecule has 1 heterocycles. The van der Waals surface area contributed by atoms with E-state index in [2.05, 4.69) is 15.6 Å². The highest BCUT2D eigenvalue weighted by Gasteiger charge is 2.28. The first-order chi connectivity index (χ1) is 15.6. The van der Waals surface area contributed by atoms with E-state index in [9.17, 15) is 27.2 Å². The van der Waals surface area contributed by atoms with Gasteiger partial charge in [-0.25, -0.2) is 4.68 Å². The number of hydrogen-bond acceptors (Lipinski definition) is 5. The normalized spacial score (nSPS) is 11.5. The molecule has 8 nitrogen and oxygen atoms in total. The van der Waals surface area contributed by atoms with E-state index in [1.165, 1.54) is 29.1 Å². The van der Waals surface area contributed by atoms with Crippen LogP contribution in [0.3, 0.4) is 0 Å². The van der Waals surface area contributed by atoms with E-state index < -0.39 is 24.5 Å². The number of unbranched alkanes of at least 4 members (excludes halogenated alkanes) is 3. The largest absolute Gasteiger partial charge is 0.491 e. The molecule has 0 fully saturated rings. The van der Waals surface area contributed by atoms with Crippen molar-refractivity contribution in [3.8, 4) is 11.4 Å². The zero-order valence-electron chi connectivity index (χ0n) is 18.4. The smallest absolute Gasteiger partial charge is 0.405 e. The number of halogens is 4. The SMILES string of the molecule is CC(C)NC(=O)c1cn(-c2ccc(C(=O)NCC(F)(F)F)cc2OCCCCCCF)nn1. The Balaban J connectivity index is 2.22. The lowest BCUT2D eigenvalue weighted by Gasteiger charge is -2.14. The highest BCUT2D eigenvalue weighted by molar-refractivity contribution is 5.95. The van der Waals surface area contributed by atoms with Gasteiger partial charge in [0.25, 0.3) is 11.8 Å². The van der Waals surface area contributed by atoms with E-state index in [0.717, 1.165) is 6.42 Å². The molecule has 0 aliphatic heterocycles. The van der Waals surface area contributed by atoms with Gasteiger partial charge in [0, 0.05) is 11.6 Å². The molecule has 12 heteroatoms. The Hall–Kier alpha value is -3.18. The summed E-state index contributed by atoms with van der Waals surface area (Å²) < 4.78 is 56.5. The van der Waals surface area contributed by atoms with Gasteiger partial charge in [0.1, 0.15) is 18.0 Å². The summed E-state index contributed by atoms with van der Waals surface area (Å²) in [4.78, 5) is 24.3. The fraction of sp³-hybridized carbons (Fsp3) is 0.524. The Kier molecular flexibility index (Phi) is 9.61. The highest BCUT2D eigenvalue weighted by Crippen LogP contribution is 2.25. The van der Waals surface area contributed by atoms with Crippen molar-refractivity contribution in [2.24, 2.45) is 0 Å². The summed E-state index contributed by atoms with van der Waals surface area (Å²) in [7, 11) is 0. The second-order valence-corrected chi connectivity index (χ2v) is 7.61. The highest BCUT2D eigenvalue weighted by atomic mass is 19.4. The maximum absolute atomic E-state index is 12.4. The molecule has 182 valence electrons. The second-order valence-electron chi connectivity index (χ2n) is 7.61. The lowest BCUT2D eigenvalue weighted by molar-refractivity contribution is -0.123. The minimum absolute atomic E-state index is 0.0340. The minimum atomic E-state index is -4.54. The van der Waals surface area contributed by atoms with Crippen molar-refractivity contribution in [2.75, 3.05) is 19.8 Å². The van der Waals surface area contributed by atoms with Crippen LogP contribution in [0.2, 0.25) is 0 Å². The van der Waals surface area contributed by atoms with E-state index in [1.807, 2.05) is 5.32 Å². The second kappa shape index (κ2) is 12.2. The molecular formula is C21H27F4N5O3. The van der Waals surface area contributed by atoms with Crippen LogP contribution in [0.15, 0.2) is 24.4 Å². The Morgan fingerprint density at radius 3 is 2.52 bits per heavy atom. The number of carbonyl (C=O) groups excluding carboxylic acids is 2. The van der Waals surface area contributed by atoms with E-state index in [4.69, 9.17) is 4.74 Å². The summed E-state index contributed by atoms with van der Waals surface area (Å²) in [5.41, 5.74) is 0.378. The van der Waals surface area contributed by atoms with Gasteiger partial charge >= 0.3 is 6.18 Å². The van der Waals surface area contributed by atoms with Gasteiger partial charge in [-0.2, -0.15) is 13.2 Å². The Bertz CT molecular complexity index is 931. The van der Waals surface area contributed by atoms with Crippen LogP contribution in [0.1, 0.15) is 60.4 Å². The Labute approximate surface area is 188 Å². The molecule has 0 bridgehead atoms. The summed E-state index contributed by atoms with van der Waals surface area (Å²) in [5, 5.41) is 12.3. The number of nitrogens with one attached hydrogen (secondary N) is 2. The molecule has 0 spiro atoms. The number of rotatable bonds is 12. The first kappa shape index (κ1) is 26.1. The fourth-order valence-electron chi connectivity index (χ4n) is 2.80. The molecule has 1 aromatic carbocycles. The van der Waals surface area contributed by atoms with Gasteiger partial charge in [-0.05, 0) is 51.3 Å². The molecule has 0 saturated carbocycles. The molecule has 2 amide bonds. The van der Waals surface area contributed by atoms with Crippen LogP contribution < -0.4 is 15.4 Å². The number of aromatic nitrogens is 3. The summed E-state index contributed by atoms with van der Waals surface area (Å²) >= 11 is 0. The van der Waals surface area contributed by atoms with E-state index in [-0.39, 0.29) is 36.3 Å². The van der Waals surface area contributed by atoms with E-state index in [0.29, 0.717) is 24.9 Å². The quantitative estimate of drug-likeness (QED) is 0.363. The van der Waals surface area contributed by atoms with Gasteiger partial charge in [-0.15, -0.1) is 5.10 Å². The molecule has 33 heavy (non-hydrogen) atoms. The van der Waals surface area contributed by atoms with Crippen LogP contribution in [0, 0.1) is 0 Å². The topological polar surface area (TPSA) is 98.1 Å². The van der Waals surface area contributed by atoms with Crippen LogP contribution in [0.5, 0.6) is 5.75 Å². The van der Waals surface area contributed by atoms with Crippen molar-refractivity contribution in [1.82, 2.24) is 25.6 Å². The molecule has 0 saturated heterocycles. The molecular weight excluding hydrogens is 446 g/mol. The number of benzene rings is 1. The fourth-order valence-corrected chi connectivity index (χ4v) is 2.80. The summed E-state index contributed by atoms with van der Waals surface area (Å²) in [6, 6.07) is 3.97. The Morgan fingerprint density at radius 2 is 1.85 bits per heavy atom. The van der Waals surface area contributed by atoms with Crippen molar-refractivity contribution in [2.45, 2.75) is 51.7 Å². The summed E-state index contributed by atoms with van der Waals surface area (Å²) in [5.74, 6) is -1.15.